The molecule has 0 unspecified atom stereocenters. The summed E-state index contributed by atoms with van der Waals surface area (Å²) in [7, 11) is 0. The molecule has 0 radical (unpaired) electrons. The molecule has 0 spiro atoms. The van der Waals surface area contributed by atoms with E-state index in [0.717, 1.165) is 18.7 Å². The highest BCUT2D eigenvalue weighted by molar-refractivity contribution is 6.04. The predicted octanol–water partition coefficient (Wildman–Crippen LogP) is 1.17. The Labute approximate surface area is 111 Å². The number of benzene rings is 1. The van der Waals surface area contributed by atoms with Gasteiger partial charge in [0, 0.05) is 24.4 Å². The maximum atomic E-state index is 12.0. The van der Waals surface area contributed by atoms with Crippen LogP contribution >= 0.6 is 0 Å². The maximum absolute atomic E-state index is 12.0. The lowest BCUT2D eigenvalue weighted by molar-refractivity contribution is -0.136. The molecule has 3 N–H and O–H groups in total. The van der Waals surface area contributed by atoms with E-state index in [1.54, 1.807) is 31.2 Å². The van der Waals surface area contributed by atoms with E-state index < -0.39 is 5.97 Å². The van der Waals surface area contributed by atoms with Crippen LogP contribution in [0.2, 0.25) is 0 Å². The summed E-state index contributed by atoms with van der Waals surface area (Å²) in [6.45, 7) is 3.28. The first-order chi connectivity index (χ1) is 9.08. The van der Waals surface area contributed by atoms with Gasteiger partial charge in [-0.15, -0.1) is 0 Å². The molecule has 0 bridgehead atoms. The molecule has 2 rings (SSSR count). The monoisotopic (exact) mass is 260 g/mol. The number of aliphatic carboxylic acids is 1. The summed E-state index contributed by atoms with van der Waals surface area (Å²) in [6, 6.07) is 6.95. The van der Waals surface area contributed by atoms with Crippen molar-refractivity contribution >= 4 is 17.6 Å². The molecule has 1 fully saturated rings. The Hall–Kier alpha value is -2.14. The number of carbonyl (C=O) groups excluding carboxylic acids is 1. The molecule has 1 aliphatic heterocycles. The molecule has 5 heteroatoms. The van der Waals surface area contributed by atoms with Crippen LogP contribution in [0.5, 0.6) is 0 Å². The van der Waals surface area contributed by atoms with Crippen LogP contribution in [0.15, 0.2) is 35.4 Å². The molecule has 1 aliphatic rings. The topological polar surface area (TPSA) is 78.4 Å². The zero-order valence-electron chi connectivity index (χ0n) is 10.7. The Morgan fingerprint density at radius 3 is 2.58 bits per heavy atom. The molecule has 0 aliphatic carbocycles. The molecular weight excluding hydrogens is 244 g/mol. The highest BCUT2D eigenvalue weighted by Gasteiger charge is 2.17. The van der Waals surface area contributed by atoms with E-state index in [9.17, 15) is 9.59 Å². The Balaban J connectivity index is 2.14. The Kier molecular flexibility index (Phi) is 3.97. The number of para-hydroxylation sites is 1. The van der Waals surface area contributed by atoms with E-state index >= 15 is 0 Å². The number of hydrogen-bond donors (Lipinski definition) is 3. The first-order valence-corrected chi connectivity index (χ1v) is 6.08. The summed E-state index contributed by atoms with van der Waals surface area (Å²) in [5.74, 6) is -1.09. The number of carbonyl (C=O) groups is 2. The molecule has 1 aromatic carbocycles. The lowest BCUT2D eigenvalue weighted by Gasteiger charge is -2.21. The second-order valence-corrected chi connectivity index (χ2v) is 4.51. The van der Waals surface area contributed by atoms with Crippen LogP contribution in [0.3, 0.4) is 0 Å². The van der Waals surface area contributed by atoms with Gasteiger partial charge in [-0.05, 0) is 24.1 Å². The van der Waals surface area contributed by atoms with Gasteiger partial charge in [-0.3, -0.25) is 9.59 Å². The van der Waals surface area contributed by atoms with Gasteiger partial charge in [0.25, 0.3) is 5.91 Å². The fourth-order valence-corrected chi connectivity index (χ4v) is 1.85. The lowest BCUT2D eigenvalue weighted by Crippen LogP contribution is -2.36. The maximum Gasteiger partial charge on any atom is 0.307 e. The molecule has 100 valence electrons. The van der Waals surface area contributed by atoms with Crippen molar-refractivity contribution in [3.05, 3.63) is 41.0 Å². The molecule has 0 atom stereocenters. The summed E-state index contributed by atoms with van der Waals surface area (Å²) in [5.41, 5.74) is 2.95. The van der Waals surface area contributed by atoms with Crippen molar-refractivity contribution in [1.82, 2.24) is 5.32 Å². The molecule has 1 saturated heterocycles. The molecule has 1 heterocycles. The average molecular weight is 260 g/mol. The quantitative estimate of drug-likeness (QED) is 0.710. The zero-order valence-corrected chi connectivity index (χ0v) is 10.7. The number of carboxylic acids is 1. The third-order valence-corrected chi connectivity index (χ3v) is 3.15. The minimum atomic E-state index is -0.917. The number of nitrogens with one attached hydrogen (secondary N) is 2. The third kappa shape index (κ3) is 3.20. The zero-order chi connectivity index (χ0) is 13.8. The van der Waals surface area contributed by atoms with Crippen LogP contribution in [0.4, 0.5) is 5.69 Å². The molecule has 5 nitrogen and oxygen atoms in total. The Morgan fingerprint density at radius 2 is 2.00 bits per heavy atom. The van der Waals surface area contributed by atoms with Gasteiger partial charge < -0.3 is 15.7 Å². The normalized spacial score (nSPS) is 13.6. The van der Waals surface area contributed by atoms with Crippen molar-refractivity contribution < 1.29 is 14.7 Å². The average Bonchev–Trinajstić information content (AvgIpc) is 2.28. The smallest absolute Gasteiger partial charge is 0.307 e. The van der Waals surface area contributed by atoms with Crippen LogP contribution in [-0.2, 0) is 16.0 Å². The number of amides is 1. The summed E-state index contributed by atoms with van der Waals surface area (Å²) in [5, 5.41) is 14.7. The summed E-state index contributed by atoms with van der Waals surface area (Å²) in [6.07, 6.45) is -0.104. The van der Waals surface area contributed by atoms with Crippen LogP contribution in [-0.4, -0.2) is 30.1 Å². The fraction of sp³-hybridized carbons (Fsp3) is 0.286. The Morgan fingerprint density at radius 1 is 1.32 bits per heavy atom. The number of hydrogen-bond acceptors (Lipinski definition) is 3. The van der Waals surface area contributed by atoms with Crippen LogP contribution in [0.25, 0.3) is 0 Å². The van der Waals surface area contributed by atoms with Gasteiger partial charge in [0.2, 0.25) is 0 Å². The number of rotatable bonds is 4. The molecule has 19 heavy (non-hydrogen) atoms. The SMILES string of the molecule is CC(C(=O)Nc1ccccc1CC(=O)O)=C1CNC1. The van der Waals surface area contributed by atoms with Gasteiger partial charge in [-0.2, -0.15) is 0 Å². The van der Waals surface area contributed by atoms with Gasteiger partial charge in [0.1, 0.15) is 0 Å². The van der Waals surface area contributed by atoms with Crippen LogP contribution in [0.1, 0.15) is 12.5 Å². The van der Waals surface area contributed by atoms with E-state index in [2.05, 4.69) is 10.6 Å². The van der Waals surface area contributed by atoms with Crippen molar-refractivity contribution in [3.8, 4) is 0 Å². The molecule has 0 saturated carbocycles. The highest BCUT2D eigenvalue weighted by Crippen LogP contribution is 2.18. The van der Waals surface area contributed by atoms with E-state index in [4.69, 9.17) is 5.11 Å². The molecule has 1 aromatic rings. The van der Waals surface area contributed by atoms with Crippen molar-refractivity contribution in [3.63, 3.8) is 0 Å². The van der Waals surface area contributed by atoms with E-state index in [1.807, 2.05) is 0 Å². The highest BCUT2D eigenvalue weighted by atomic mass is 16.4. The molecular formula is C14H16N2O3. The second-order valence-electron chi connectivity index (χ2n) is 4.51. The molecule has 1 amide bonds. The van der Waals surface area contributed by atoms with E-state index in [-0.39, 0.29) is 12.3 Å². The minimum Gasteiger partial charge on any atom is -0.481 e. The summed E-state index contributed by atoms with van der Waals surface area (Å²) >= 11 is 0. The van der Waals surface area contributed by atoms with Gasteiger partial charge in [-0.1, -0.05) is 18.2 Å². The fourth-order valence-electron chi connectivity index (χ4n) is 1.85. The number of carboxylic acid groups (broad SMARTS) is 1. The van der Waals surface area contributed by atoms with Crippen molar-refractivity contribution in [2.75, 3.05) is 18.4 Å². The van der Waals surface area contributed by atoms with Crippen molar-refractivity contribution in [2.24, 2.45) is 0 Å². The summed E-state index contributed by atoms with van der Waals surface area (Å²) in [4.78, 5) is 22.8. The standard InChI is InChI=1S/C14H16N2O3/c1-9(11-7-15-8-11)14(19)16-12-5-3-2-4-10(12)6-13(17)18/h2-5,15H,6-8H2,1H3,(H,16,19)(H,17,18). The van der Waals surface area contributed by atoms with Gasteiger partial charge in [0.05, 0.1) is 6.42 Å². The lowest BCUT2D eigenvalue weighted by atomic mass is 10.0. The first kappa shape index (κ1) is 13.3. The number of anilines is 1. The van der Waals surface area contributed by atoms with Gasteiger partial charge in [0.15, 0.2) is 0 Å². The van der Waals surface area contributed by atoms with Crippen LogP contribution < -0.4 is 10.6 Å². The predicted molar refractivity (Wildman–Crippen MR) is 72.0 cm³/mol. The Bertz CT molecular complexity index is 543. The third-order valence-electron chi connectivity index (χ3n) is 3.15. The van der Waals surface area contributed by atoms with Gasteiger partial charge >= 0.3 is 5.97 Å². The van der Waals surface area contributed by atoms with Crippen molar-refractivity contribution in [2.45, 2.75) is 13.3 Å². The largest absolute Gasteiger partial charge is 0.481 e. The second kappa shape index (κ2) is 5.67. The minimum absolute atomic E-state index is 0.104. The molecule has 0 aromatic heterocycles. The summed E-state index contributed by atoms with van der Waals surface area (Å²) < 4.78 is 0. The van der Waals surface area contributed by atoms with E-state index in [1.165, 1.54) is 0 Å². The first-order valence-electron chi connectivity index (χ1n) is 6.08. The van der Waals surface area contributed by atoms with Crippen molar-refractivity contribution in [1.29, 1.82) is 0 Å². The van der Waals surface area contributed by atoms with E-state index in [0.29, 0.717) is 16.8 Å². The van der Waals surface area contributed by atoms with Crippen LogP contribution in [0, 0.1) is 0 Å². The van der Waals surface area contributed by atoms with Gasteiger partial charge in [-0.25, -0.2) is 0 Å².